The summed E-state index contributed by atoms with van der Waals surface area (Å²) >= 11 is 0. The Kier molecular flexibility index (Phi) is 3.98. The standard InChI is InChI=1S/C12H22N4/c1-15-7-6-14-12(9-15)10-16(2)8-11-4-3-5-13-11/h3-5,12-14H,6-10H2,1-2H3. The van der Waals surface area contributed by atoms with Crippen LogP contribution in [0.15, 0.2) is 18.3 Å². The molecule has 1 atom stereocenters. The van der Waals surface area contributed by atoms with E-state index in [1.807, 2.05) is 6.20 Å². The van der Waals surface area contributed by atoms with E-state index in [0.717, 1.165) is 32.7 Å². The lowest BCUT2D eigenvalue weighted by molar-refractivity contribution is 0.192. The maximum atomic E-state index is 3.57. The van der Waals surface area contributed by atoms with Crippen molar-refractivity contribution in [1.29, 1.82) is 0 Å². The molecular weight excluding hydrogens is 200 g/mol. The van der Waals surface area contributed by atoms with Gasteiger partial charge in [-0.15, -0.1) is 0 Å². The van der Waals surface area contributed by atoms with Gasteiger partial charge in [0, 0.05) is 50.7 Å². The topological polar surface area (TPSA) is 34.3 Å². The number of hydrogen-bond donors (Lipinski definition) is 2. The molecule has 2 rings (SSSR count). The van der Waals surface area contributed by atoms with Gasteiger partial charge in [0.1, 0.15) is 0 Å². The minimum atomic E-state index is 0.596. The van der Waals surface area contributed by atoms with E-state index < -0.39 is 0 Å². The molecule has 1 saturated heterocycles. The number of rotatable bonds is 4. The number of nitrogens with one attached hydrogen (secondary N) is 2. The van der Waals surface area contributed by atoms with Gasteiger partial charge in [-0.3, -0.25) is 4.90 Å². The van der Waals surface area contributed by atoms with Gasteiger partial charge in [0.15, 0.2) is 0 Å². The molecule has 1 aromatic heterocycles. The highest BCUT2D eigenvalue weighted by Gasteiger charge is 2.17. The van der Waals surface area contributed by atoms with Crippen molar-refractivity contribution in [3.05, 3.63) is 24.0 Å². The van der Waals surface area contributed by atoms with E-state index in [-0.39, 0.29) is 0 Å². The highest BCUT2D eigenvalue weighted by molar-refractivity contribution is 5.03. The SMILES string of the molecule is CN1CCNC(CN(C)Cc2ccc[nH]2)C1. The van der Waals surface area contributed by atoms with Crippen LogP contribution >= 0.6 is 0 Å². The molecule has 16 heavy (non-hydrogen) atoms. The Bertz CT molecular complexity index is 296. The van der Waals surface area contributed by atoms with Crippen molar-refractivity contribution >= 4 is 0 Å². The fourth-order valence-corrected chi connectivity index (χ4v) is 2.31. The van der Waals surface area contributed by atoms with Crippen LogP contribution in [0.2, 0.25) is 0 Å². The van der Waals surface area contributed by atoms with Crippen molar-refractivity contribution in [3.63, 3.8) is 0 Å². The summed E-state index contributed by atoms with van der Waals surface area (Å²) in [6.07, 6.45) is 1.98. The molecule has 1 aliphatic heterocycles. The predicted molar refractivity (Wildman–Crippen MR) is 66.4 cm³/mol. The van der Waals surface area contributed by atoms with Crippen LogP contribution in [-0.2, 0) is 6.54 Å². The minimum absolute atomic E-state index is 0.596. The molecule has 0 amide bonds. The third-order valence-corrected chi connectivity index (χ3v) is 3.09. The van der Waals surface area contributed by atoms with Crippen LogP contribution < -0.4 is 5.32 Å². The van der Waals surface area contributed by atoms with E-state index in [9.17, 15) is 0 Å². The molecule has 4 nitrogen and oxygen atoms in total. The lowest BCUT2D eigenvalue weighted by atomic mass is 10.2. The van der Waals surface area contributed by atoms with Crippen molar-refractivity contribution < 1.29 is 0 Å². The van der Waals surface area contributed by atoms with Gasteiger partial charge >= 0.3 is 0 Å². The summed E-state index contributed by atoms with van der Waals surface area (Å²) in [5, 5.41) is 3.57. The lowest BCUT2D eigenvalue weighted by Crippen LogP contribution is -2.53. The first-order chi connectivity index (χ1) is 7.74. The zero-order valence-corrected chi connectivity index (χ0v) is 10.2. The van der Waals surface area contributed by atoms with E-state index >= 15 is 0 Å². The number of H-pyrrole nitrogens is 1. The summed E-state index contributed by atoms with van der Waals surface area (Å²) in [5.41, 5.74) is 1.28. The van der Waals surface area contributed by atoms with E-state index in [2.05, 4.69) is 46.3 Å². The average molecular weight is 222 g/mol. The van der Waals surface area contributed by atoms with E-state index in [1.165, 1.54) is 5.69 Å². The molecule has 0 bridgehead atoms. The predicted octanol–water partition coefficient (Wildman–Crippen LogP) is 0.350. The average Bonchev–Trinajstić information content (AvgIpc) is 2.70. The number of likely N-dealkylation sites (N-methyl/N-ethyl adjacent to an activating group) is 2. The molecule has 2 N–H and O–H groups in total. The minimum Gasteiger partial charge on any atom is -0.364 e. The molecular formula is C12H22N4. The van der Waals surface area contributed by atoms with Gasteiger partial charge in [-0.05, 0) is 26.2 Å². The van der Waals surface area contributed by atoms with E-state index in [1.54, 1.807) is 0 Å². The first kappa shape index (κ1) is 11.6. The summed E-state index contributed by atoms with van der Waals surface area (Å²) in [6.45, 7) is 5.52. The summed E-state index contributed by atoms with van der Waals surface area (Å²) < 4.78 is 0. The Morgan fingerprint density at radius 1 is 1.56 bits per heavy atom. The monoisotopic (exact) mass is 222 g/mol. The third kappa shape index (κ3) is 3.33. The number of nitrogens with zero attached hydrogens (tertiary/aromatic N) is 2. The smallest absolute Gasteiger partial charge is 0.0382 e. The van der Waals surface area contributed by atoms with Crippen molar-refractivity contribution in [1.82, 2.24) is 20.1 Å². The van der Waals surface area contributed by atoms with Crippen LogP contribution in [-0.4, -0.2) is 61.1 Å². The van der Waals surface area contributed by atoms with Gasteiger partial charge in [-0.2, -0.15) is 0 Å². The van der Waals surface area contributed by atoms with E-state index in [4.69, 9.17) is 0 Å². The number of aromatic amines is 1. The molecule has 90 valence electrons. The van der Waals surface area contributed by atoms with Crippen LogP contribution in [0.1, 0.15) is 5.69 Å². The van der Waals surface area contributed by atoms with Crippen LogP contribution in [0, 0.1) is 0 Å². The highest BCUT2D eigenvalue weighted by atomic mass is 15.2. The molecule has 0 aromatic carbocycles. The molecule has 1 aliphatic rings. The molecule has 1 unspecified atom stereocenters. The molecule has 0 saturated carbocycles. The second-order valence-electron chi connectivity index (χ2n) is 4.81. The summed E-state index contributed by atoms with van der Waals surface area (Å²) in [5.74, 6) is 0. The van der Waals surface area contributed by atoms with Crippen molar-refractivity contribution in [2.45, 2.75) is 12.6 Å². The summed E-state index contributed by atoms with van der Waals surface area (Å²) in [4.78, 5) is 8.00. The maximum Gasteiger partial charge on any atom is 0.0382 e. The van der Waals surface area contributed by atoms with Gasteiger partial charge in [-0.25, -0.2) is 0 Å². The van der Waals surface area contributed by atoms with Crippen molar-refractivity contribution in [3.8, 4) is 0 Å². The molecule has 0 spiro atoms. The number of piperazine rings is 1. The zero-order chi connectivity index (χ0) is 11.4. The first-order valence-corrected chi connectivity index (χ1v) is 5.97. The first-order valence-electron chi connectivity index (χ1n) is 5.97. The second kappa shape index (κ2) is 5.48. The fourth-order valence-electron chi connectivity index (χ4n) is 2.31. The van der Waals surface area contributed by atoms with Crippen molar-refractivity contribution in [2.75, 3.05) is 40.3 Å². The summed E-state index contributed by atoms with van der Waals surface area (Å²) in [6, 6.07) is 4.78. The second-order valence-corrected chi connectivity index (χ2v) is 4.81. The van der Waals surface area contributed by atoms with Gasteiger partial charge in [-0.1, -0.05) is 0 Å². The molecule has 0 aliphatic carbocycles. The lowest BCUT2D eigenvalue weighted by Gasteiger charge is -2.33. The van der Waals surface area contributed by atoms with Gasteiger partial charge in [0.05, 0.1) is 0 Å². The molecule has 1 aromatic rings. The molecule has 4 heteroatoms. The number of aromatic nitrogens is 1. The van der Waals surface area contributed by atoms with Gasteiger partial charge in [0.25, 0.3) is 0 Å². The quantitative estimate of drug-likeness (QED) is 0.771. The third-order valence-electron chi connectivity index (χ3n) is 3.09. The highest BCUT2D eigenvalue weighted by Crippen LogP contribution is 2.03. The zero-order valence-electron chi connectivity index (χ0n) is 10.2. The van der Waals surface area contributed by atoms with Crippen LogP contribution in [0.25, 0.3) is 0 Å². The Labute approximate surface area is 97.6 Å². The molecule has 1 fully saturated rings. The Morgan fingerprint density at radius 3 is 3.12 bits per heavy atom. The normalized spacial score (nSPS) is 22.8. The molecule has 2 heterocycles. The van der Waals surface area contributed by atoms with Gasteiger partial charge < -0.3 is 15.2 Å². The van der Waals surface area contributed by atoms with Crippen LogP contribution in [0.3, 0.4) is 0 Å². The Hall–Kier alpha value is -0.840. The van der Waals surface area contributed by atoms with E-state index in [0.29, 0.717) is 6.04 Å². The number of hydrogen-bond acceptors (Lipinski definition) is 3. The molecule has 0 radical (unpaired) electrons. The Balaban J connectivity index is 1.76. The summed E-state index contributed by atoms with van der Waals surface area (Å²) in [7, 11) is 4.37. The van der Waals surface area contributed by atoms with Crippen molar-refractivity contribution in [2.24, 2.45) is 0 Å². The van der Waals surface area contributed by atoms with Crippen LogP contribution in [0.4, 0.5) is 0 Å². The van der Waals surface area contributed by atoms with Gasteiger partial charge in [0.2, 0.25) is 0 Å². The largest absolute Gasteiger partial charge is 0.364 e. The fraction of sp³-hybridized carbons (Fsp3) is 0.667. The maximum absolute atomic E-state index is 3.57. The van der Waals surface area contributed by atoms with Crippen LogP contribution in [0.5, 0.6) is 0 Å². The Morgan fingerprint density at radius 2 is 2.44 bits per heavy atom.